The van der Waals surface area contributed by atoms with Gasteiger partial charge in [-0.25, -0.2) is 4.98 Å². The van der Waals surface area contributed by atoms with Crippen molar-refractivity contribution in [3.63, 3.8) is 0 Å². The van der Waals surface area contributed by atoms with Gasteiger partial charge in [-0.15, -0.1) is 0 Å². The Balaban J connectivity index is 2.01. The second-order valence-corrected chi connectivity index (χ2v) is 4.34. The maximum Gasteiger partial charge on any atom is 0.248 e. The molecular weight excluding hydrogens is 232 g/mol. The van der Waals surface area contributed by atoms with Gasteiger partial charge < -0.3 is 20.7 Å². The van der Waals surface area contributed by atoms with Gasteiger partial charge in [0, 0.05) is 38.4 Å². The van der Waals surface area contributed by atoms with E-state index in [1.165, 1.54) is 0 Å². The summed E-state index contributed by atoms with van der Waals surface area (Å²) >= 11 is 0. The van der Waals surface area contributed by atoms with Crippen LogP contribution in [0.2, 0.25) is 0 Å². The van der Waals surface area contributed by atoms with Crippen molar-refractivity contribution in [2.45, 2.75) is 6.10 Å². The number of aromatic nitrogens is 1. The minimum atomic E-state index is -0.442. The number of hydrogen-bond donors (Lipinski definition) is 2. The Morgan fingerprint density at radius 2 is 2.56 bits per heavy atom. The number of amides is 1. The van der Waals surface area contributed by atoms with Crippen molar-refractivity contribution in [2.75, 3.05) is 38.2 Å². The van der Waals surface area contributed by atoms with Gasteiger partial charge in [0.05, 0.1) is 12.7 Å². The summed E-state index contributed by atoms with van der Waals surface area (Å²) in [5.41, 5.74) is 5.71. The first-order valence-electron chi connectivity index (χ1n) is 5.96. The molecular formula is C12H18N4O2. The van der Waals surface area contributed by atoms with Crippen molar-refractivity contribution in [1.82, 2.24) is 10.3 Å². The van der Waals surface area contributed by atoms with Crippen molar-refractivity contribution >= 4 is 11.7 Å². The highest BCUT2D eigenvalue weighted by atomic mass is 16.5. The van der Waals surface area contributed by atoms with Crippen LogP contribution in [0.15, 0.2) is 18.3 Å². The number of nitrogens with two attached hydrogens (primary N) is 1. The molecule has 0 radical (unpaired) electrons. The van der Waals surface area contributed by atoms with Crippen LogP contribution in [0, 0.1) is 0 Å². The lowest BCUT2D eigenvalue weighted by atomic mass is 10.2. The average molecular weight is 250 g/mol. The van der Waals surface area contributed by atoms with Gasteiger partial charge in [-0.05, 0) is 12.1 Å². The van der Waals surface area contributed by atoms with Gasteiger partial charge in [-0.1, -0.05) is 0 Å². The molecule has 1 saturated heterocycles. The second kappa shape index (κ2) is 5.79. The summed E-state index contributed by atoms with van der Waals surface area (Å²) in [5.74, 6) is 0.281. The fourth-order valence-corrected chi connectivity index (χ4v) is 1.92. The van der Waals surface area contributed by atoms with Crippen LogP contribution in [0.25, 0.3) is 0 Å². The zero-order valence-electron chi connectivity index (χ0n) is 10.4. The van der Waals surface area contributed by atoms with Crippen LogP contribution in [0.3, 0.4) is 0 Å². The molecule has 3 N–H and O–H groups in total. The van der Waals surface area contributed by atoms with E-state index in [0.29, 0.717) is 5.56 Å². The number of anilines is 1. The lowest BCUT2D eigenvalue weighted by molar-refractivity contribution is 0.0339. The molecule has 1 aliphatic rings. The fourth-order valence-electron chi connectivity index (χ4n) is 1.92. The highest BCUT2D eigenvalue weighted by molar-refractivity contribution is 5.93. The number of rotatable bonds is 4. The summed E-state index contributed by atoms with van der Waals surface area (Å²) in [4.78, 5) is 17.3. The Hall–Kier alpha value is -1.66. The van der Waals surface area contributed by atoms with Gasteiger partial charge in [-0.2, -0.15) is 0 Å². The first-order chi connectivity index (χ1) is 8.66. The molecule has 0 bridgehead atoms. The lowest BCUT2D eigenvalue weighted by Crippen LogP contribution is -2.44. The number of carbonyl (C=O) groups excluding carboxylic acids is 1. The lowest BCUT2D eigenvalue weighted by Gasteiger charge is -2.28. The van der Waals surface area contributed by atoms with E-state index in [-0.39, 0.29) is 6.10 Å². The number of likely N-dealkylation sites (N-methyl/N-ethyl adjacent to an activating group) is 1. The summed E-state index contributed by atoms with van der Waals surface area (Å²) in [6, 6.07) is 3.30. The molecule has 0 aliphatic carbocycles. The molecule has 98 valence electrons. The number of ether oxygens (including phenoxy) is 1. The minimum Gasteiger partial charge on any atom is -0.374 e. The number of pyridine rings is 1. The number of hydrogen-bond acceptors (Lipinski definition) is 5. The predicted octanol–water partition coefficient (Wildman–Crippen LogP) is -0.395. The van der Waals surface area contributed by atoms with Crippen LogP contribution >= 0.6 is 0 Å². The maximum atomic E-state index is 11.1. The van der Waals surface area contributed by atoms with Crippen molar-refractivity contribution in [3.8, 4) is 0 Å². The van der Waals surface area contributed by atoms with Crippen molar-refractivity contribution < 1.29 is 9.53 Å². The van der Waals surface area contributed by atoms with Gasteiger partial charge in [0.1, 0.15) is 5.82 Å². The SMILES string of the molecule is CN(CC1CNCCO1)c1cc(C(N)=O)ccn1. The molecule has 1 unspecified atom stereocenters. The van der Waals surface area contributed by atoms with Gasteiger partial charge in [0.25, 0.3) is 0 Å². The zero-order chi connectivity index (χ0) is 13.0. The molecule has 1 atom stereocenters. The van der Waals surface area contributed by atoms with E-state index in [9.17, 15) is 4.79 Å². The molecule has 0 spiro atoms. The minimum absolute atomic E-state index is 0.141. The normalized spacial score (nSPS) is 19.5. The Kier molecular flexibility index (Phi) is 4.11. The number of nitrogens with zero attached hydrogens (tertiary/aromatic N) is 2. The van der Waals surface area contributed by atoms with Crippen LogP contribution < -0.4 is 16.0 Å². The summed E-state index contributed by atoms with van der Waals surface area (Å²) in [5, 5.41) is 3.28. The molecule has 1 aliphatic heterocycles. The van der Waals surface area contributed by atoms with Crippen LogP contribution in [-0.2, 0) is 4.74 Å². The van der Waals surface area contributed by atoms with Gasteiger partial charge in [-0.3, -0.25) is 4.79 Å². The average Bonchev–Trinajstić information content (AvgIpc) is 2.40. The monoisotopic (exact) mass is 250 g/mol. The third kappa shape index (κ3) is 3.18. The Morgan fingerprint density at radius 3 is 3.22 bits per heavy atom. The van der Waals surface area contributed by atoms with E-state index < -0.39 is 5.91 Å². The van der Waals surface area contributed by atoms with E-state index >= 15 is 0 Å². The first kappa shape index (κ1) is 12.8. The molecule has 1 aromatic rings. The van der Waals surface area contributed by atoms with E-state index in [1.807, 2.05) is 11.9 Å². The van der Waals surface area contributed by atoms with E-state index in [2.05, 4.69) is 10.3 Å². The third-order valence-corrected chi connectivity index (χ3v) is 2.90. The standard InChI is InChI=1S/C12H18N4O2/c1-16(8-10-7-14-4-5-18-10)11-6-9(12(13)17)2-3-15-11/h2-3,6,10,14H,4-5,7-8H2,1H3,(H2,13,17). The number of carbonyl (C=O) groups is 1. The highest BCUT2D eigenvalue weighted by Crippen LogP contribution is 2.12. The number of morpholine rings is 1. The van der Waals surface area contributed by atoms with Gasteiger partial charge in [0.2, 0.25) is 5.91 Å². The van der Waals surface area contributed by atoms with Crippen LogP contribution in [0.5, 0.6) is 0 Å². The van der Waals surface area contributed by atoms with Crippen LogP contribution in [0.1, 0.15) is 10.4 Å². The molecule has 2 rings (SSSR count). The predicted molar refractivity (Wildman–Crippen MR) is 68.6 cm³/mol. The second-order valence-electron chi connectivity index (χ2n) is 4.34. The molecule has 0 aromatic carbocycles. The zero-order valence-corrected chi connectivity index (χ0v) is 10.4. The molecule has 6 nitrogen and oxygen atoms in total. The van der Waals surface area contributed by atoms with Gasteiger partial charge >= 0.3 is 0 Å². The molecule has 1 aromatic heterocycles. The van der Waals surface area contributed by atoms with Crippen LogP contribution in [0.4, 0.5) is 5.82 Å². The topological polar surface area (TPSA) is 80.5 Å². The number of nitrogens with one attached hydrogen (secondary N) is 1. The quantitative estimate of drug-likeness (QED) is 0.760. The van der Waals surface area contributed by atoms with Crippen molar-refractivity contribution in [3.05, 3.63) is 23.9 Å². The summed E-state index contributed by atoms with van der Waals surface area (Å²) in [6.45, 7) is 3.19. The van der Waals surface area contributed by atoms with E-state index in [1.54, 1.807) is 18.3 Å². The molecule has 18 heavy (non-hydrogen) atoms. The fraction of sp³-hybridized carbons (Fsp3) is 0.500. The maximum absolute atomic E-state index is 11.1. The Bertz CT molecular complexity index is 418. The molecule has 1 fully saturated rings. The Morgan fingerprint density at radius 1 is 1.72 bits per heavy atom. The van der Waals surface area contributed by atoms with E-state index in [4.69, 9.17) is 10.5 Å². The molecule has 6 heteroatoms. The molecule has 2 heterocycles. The van der Waals surface area contributed by atoms with E-state index in [0.717, 1.165) is 32.1 Å². The largest absolute Gasteiger partial charge is 0.374 e. The molecule has 1 amide bonds. The van der Waals surface area contributed by atoms with Crippen molar-refractivity contribution in [2.24, 2.45) is 5.73 Å². The summed E-state index contributed by atoms with van der Waals surface area (Å²) < 4.78 is 5.62. The molecule has 0 saturated carbocycles. The van der Waals surface area contributed by atoms with Crippen LogP contribution in [-0.4, -0.2) is 50.3 Å². The smallest absolute Gasteiger partial charge is 0.248 e. The first-order valence-corrected chi connectivity index (χ1v) is 5.96. The summed E-state index contributed by atoms with van der Waals surface area (Å²) in [6.07, 6.45) is 1.73. The number of primary amides is 1. The van der Waals surface area contributed by atoms with Gasteiger partial charge in [0.15, 0.2) is 0 Å². The highest BCUT2D eigenvalue weighted by Gasteiger charge is 2.16. The third-order valence-electron chi connectivity index (χ3n) is 2.90. The van der Waals surface area contributed by atoms with Crippen molar-refractivity contribution in [1.29, 1.82) is 0 Å². The Labute approximate surface area is 106 Å². The summed E-state index contributed by atoms with van der Waals surface area (Å²) in [7, 11) is 1.92.